The van der Waals surface area contributed by atoms with Crippen molar-refractivity contribution in [1.82, 2.24) is 0 Å². The van der Waals surface area contributed by atoms with Crippen molar-refractivity contribution in [3.8, 4) is 5.75 Å². The van der Waals surface area contributed by atoms with Gasteiger partial charge in [0.1, 0.15) is 11.6 Å². The Morgan fingerprint density at radius 2 is 2.00 bits per heavy atom. The predicted octanol–water partition coefficient (Wildman–Crippen LogP) is 1.90. The summed E-state index contributed by atoms with van der Waals surface area (Å²) in [4.78, 5) is 1.71. The van der Waals surface area contributed by atoms with E-state index in [1.165, 1.54) is 6.07 Å². The molecule has 0 aliphatic carbocycles. The summed E-state index contributed by atoms with van der Waals surface area (Å²) in [5.41, 5.74) is 0.536. The zero-order valence-electron chi connectivity index (χ0n) is 7.47. The molecule has 12 heavy (non-hydrogen) atoms. The van der Waals surface area contributed by atoms with Gasteiger partial charge in [-0.2, -0.15) is 0 Å². The van der Waals surface area contributed by atoms with Crippen molar-refractivity contribution >= 4 is 5.69 Å². The van der Waals surface area contributed by atoms with E-state index < -0.39 is 0 Å². The minimum atomic E-state index is -0.235. The molecule has 66 valence electrons. The third-order valence-electron chi connectivity index (χ3n) is 1.64. The van der Waals surface area contributed by atoms with Crippen molar-refractivity contribution in [3.63, 3.8) is 0 Å². The molecule has 0 atom stereocenters. The number of rotatable bonds is 2. The lowest BCUT2D eigenvalue weighted by molar-refractivity contribution is 0.414. The molecule has 3 heteroatoms. The minimum absolute atomic E-state index is 0.235. The number of hydrogen-bond donors (Lipinski definition) is 0. The number of halogens is 1. The molecule has 0 N–H and O–H groups in total. The Balaban J connectivity index is 3.08. The van der Waals surface area contributed by atoms with Gasteiger partial charge in [0, 0.05) is 20.2 Å². The van der Waals surface area contributed by atoms with Crippen LogP contribution < -0.4 is 9.64 Å². The molecule has 1 rings (SSSR count). The van der Waals surface area contributed by atoms with Crippen LogP contribution in [0.4, 0.5) is 10.1 Å². The van der Waals surface area contributed by atoms with Crippen LogP contribution in [0.2, 0.25) is 0 Å². The highest BCUT2D eigenvalue weighted by Gasteiger charge is 2.04. The standard InChI is InChI=1S/C9H12FNO/c1-11(2)9-6-7(12-3)4-5-8(9)10/h4-6H,1-3H3. The zero-order valence-corrected chi connectivity index (χ0v) is 7.47. The van der Waals surface area contributed by atoms with Crippen LogP contribution in [0.1, 0.15) is 0 Å². The summed E-state index contributed by atoms with van der Waals surface area (Å²) in [6.07, 6.45) is 0. The van der Waals surface area contributed by atoms with Crippen LogP contribution in [0.15, 0.2) is 18.2 Å². The van der Waals surface area contributed by atoms with Gasteiger partial charge in [0.05, 0.1) is 12.8 Å². The SMILES string of the molecule is COc1ccc(F)c(N(C)C)c1. The van der Waals surface area contributed by atoms with Gasteiger partial charge in [0.15, 0.2) is 0 Å². The monoisotopic (exact) mass is 169 g/mol. The van der Waals surface area contributed by atoms with E-state index in [1.807, 2.05) is 0 Å². The smallest absolute Gasteiger partial charge is 0.146 e. The fraction of sp³-hybridized carbons (Fsp3) is 0.333. The van der Waals surface area contributed by atoms with Crippen molar-refractivity contribution in [2.24, 2.45) is 0 Å². The van der Waals surface area contributed by atoms with E-state index >= 15 is 0 Å². The van der Waals surface area contributed by atoms with E-state index in [-0.39, 0.29) is 5.82 Å². The van der Waals surface area contributed by atoms with Crippen LogP contribution >= 0.6 is 0 Å². The lowest BCUT2D eigenvalue weighted by Gasteiger charge is -2.14. The van der Waals surface area contributed by atoms with Crippen molar-refractivity contribution in [2.75, 3.05) is 26.1 Å². The average Bonchev–Trinajstić information content (AvgIpc) is 2.05. The Morgan fingerprint density at radius 1 is 1.33 bits per heavy atom. The van der Waals surface area contributed by atoms with Crippen LogP contribution in [0.25, 0.3) is 0 Å². The molecule has 0 unspecified atom stereocenters. The third-order valence-corrected chi connectivity index (χ3v) is 1.64. The van der Waals surface area contributed by atoms with E-state index in [4.69, 9.17) is 4.74 Å². The fourth-order valence-corrected chi connectivity index (χ4v) is 0.962. The molecule has 0 radical (unpaired) electrons. The first kappa shape index (κ1) is 8.84. The van der Waals surface area contributed by atoms with Crippen LogP contribution in [0, 0.1) is 5.82 Å². The zero-order chi connectivity index (χ0) is 9.14. The van der Waals surface area contributed by atoms with Gasteiger partial charge >= 0.3 is 0 Å². The highest BCUT2D eigenvalue weighted by molar-refractivity contribution is 5.50. The van der Waals surface area contributed by atoms with E-state index in [1.54, 1.807) is 38.2 Å². The number of methoxy groups -OCH3 is 1. The maximum atomic E-state index is 13.1. The van der Waals surface area contributed by atoms with Crippen molar-refractivity contribution < 1.29 is 9.13 Å². The van der Waals surface area contributed by atoms with Gasteiger partial charge in [0.25, 0.3) is 0 Å². The van der Waals surface area contributed by atoms with Crippen molar-refractivity contribution in [1.29, 1.82) is 0 Å². The highest BCUT2D eigenvalue weighted by Crippen LogP contribution is 2.22. The Labute approximate surface area is 71.6 Å². The molecule has 0 aromatic heterocycles. The Hall–Kier alpha value is -1.25. The maximum absolute atomic E-state index is 13.1. The Bertz CT molecular complexity index is 273. The van der Waals surface area contributed by atoms with Gasteiger partial charge < -0.3 is 9.64 Å². The summed E-state index contributed by atoms with van der Waals surface area (Å²) in [6, 6.07) is 4.66. The molecular weight excluding hydrogens is 157 g/mol. The maximum Gasteiger partial charge on any atom is 0.146 e. The molecule has 0 aliphatic heterocycles. The fourth-order valence-electron chi connectivity index (χ4n) is 0.962. The van der Waals surface area contributed by atoms with Gasteiger partial charge in [-0.3, -0.25) is 0 Å². The van der Waals surface area contributed by atoms with Crippen molar-refractivity contribution in [3.05, 3.63) is 24.0 Å². The lowest BCUT2D eigenvalue weighted by Crippen LogP contribution is -2.10. The van der Waals surface area contributed by atoms with Gasteiger partial charge in [-0.25, -0.2) is 4.39 Å². The molecular formula is C9H12FNO. The molecule has 0 bridgehead atoms. The molecule has 0 saturated carbocycles. The third kappa shape index (κ3) is 1.67. The first-order chi connectivity index (χ1) is 5.65. The van der Waals surface area contributed by atoms with Crippen LogP contribution in [0.5, 0.6) is 5.75 Å². The first-order valence-electron chi connectivity index (χ1n) is 3.66. The van der Waals surface area contributed by atoms with E-state index in [0.29, 0.717) is 11.4 Å². The normalized spacial score (nSPS) is 9.67. The Morgan fingerprint density at radius 3 is 2.50 bits per heavy atom. The lowest BCUT2D eigenvalue weighted by atomic mass is 10.3. The van der Waals surface area contributed by atoms with Crippen molar-refractivity contribution in [2.45, 2.75) is 0 Å². The second-order valence-electron chi connectivity index (χ2n) is 2.71. The largest absolute Gasteiger partial charge is 0.497 e. The first-order valence-corrected chi connectivity index (χ1v) is 3.66. The summed E-state index contributed by atoms with van der Waals surface area (Å²) < 4.78 is 18.0. The second kappa shape index (κ2) is 3.43. The molecule has 0 fully saturated rings. The van der Waals surface area contributed by atoms with Crippen LogP contribution in [-0.4, -0.2) is 21.2 Å². The molecule has 1 aromatic carbocycles. The predicted molar refractivity (Wildman–Crippen MR) is 47.3 cm³/mol. The van der Waals surface area contributed by atoms with Gasteiger partial charge in [-0.05, 0) is 12.1 Å². The quantitative estimate of drug-likeness (QED) is 0.670. The molecule has 0 amide bonds. The van der Waals surface area contributed by atoms with E-state index in [9.17, 15) is 4.39 Å². The summed E-state index contributed by atoms with van der Waals surface area (Å²) in [5, 5.41) is 0. The molecule has 0 saturated heterocycles. The number of anilines is 1. The highest BCUT2D eigenvalue weighted by atomic mass is 19.1. The molecule has 0 heterocycles. The van der Waals surface area contributed by atoms with Gasteiger partial charge in [-0.1, -0.05) is 0 Å². The molecule has 0 spiro atoms. The summed E-state index contributed by atoms with van der Waals surface area (Å²) >= 11 is 0. The summed E-state index contributed by atoms with van der Waals surface area (Å²) in [5.74, 6) is 0.431. The molecule has 0 aliphatic rings. The number of nitrogens with zero attached hydrogens (tertiary/aromatic N) is 1. The van der Waals surface area contributed by atoms with Crippen LogP contribution in [0.3, 0.4) is 0 Å². The Kier molecular flexibility index (Phi) is 2.53. The second-order valence-corrected chi connectivity index (χ2v) is 2.71. The van der Waals surface area contributed by atoms with Crippen LogP contribution in [-0.2, 0) is 0 Å². The summed E-state index contributed by atoms with van der Waals surface area (Å²) in [6.45, 7) is 0. The summed E-state index contributed by atoms with van der Waals surface area (Å²) in [7, 11) is 5.14. The number of hydrogen-bond acceptors (Lipinski definition) is 2. The molecule has 1 aromatic rings. The van der Waals surface area contributed by atoms with Gasteiger partial charge in [0.2, 0.25) is 0 Å². The average molecular weight is 169 g/mol. The van der Waals surface area contributed by atoms with Gasteiger partial charge in [-0.15, -0.1) is 0 Å². The molecule has 2 nitrogen and oxygen atoms in total. The van der Waals surface area contributed by atoms with E-state index in [2.05, 4.69) is 0 Å². The topological polar surface area (TPSA) is 12.5 Å². The number of benzene rings is 1. The number of ether oxygens (including phenoxy) is 1. The van der Waals surface area contributed by atoms with E-state index in [0.717, 1.165) is 0 Å². The minimum Gasteiger partial charge on any atom is -0.497 e.